The number of anilines is 1. The number of amides is 1. The molecule has 3 N–H and O–H groups in total. The Bertz CT molecular complexity index is 1250. The van der Waals surface area contributed by atoms with Crippen molar-refractivity contribution in [3.05, 3.63) is 58.7 Å². The van der Waals surface area contributed by atoms with E-state index in [1.54, 1.807) is 19.9 Å². The largest absolute Gasteiger partial charge is 0.386 e. The number of rotatable bonds is 3. The number of nitrogens with two attached hydrogens (primary N) is 1. The summed E-state index contributed by atoms with van der Waals surface area (Å²) in [6.45, 7) is 4.96. The Kier molecular flexibility index (Phi) is 6.27. The molecule has 34 heavy (non-hydrogen) atoms. The first kappa shape index (κ1) is 24.0. The van der Waals surface area contributed by atoms with Crippen molar-refractivity contribution in [1.82, 2.24) is 9.88 Å². The van der Waals surface area contributed by atoms with Gasteiger partial charge in [0.15, 0.2) is 0 Å². The van der Waals surface area contributed by atoms with E-state index in [2.05, 4.69) is 15.2 Å². The predicted octanol–water partition coefficient (Wildman–Crippen LogP) is 2.45. The Morgan fingerprint density at radius 1 is 1.32 bits per heavy atom. The SMILES string of the molecule is Cc1cc(C#N)cnc1C(=O)Nc1ccc(F)c([C@]2(C)CS(=O)C3(CCN(C)CC3)C(N)=N2)c1. The maximum absolute atomic E-state index is 15.0. The van der Waals surface area contributed by atoms with E-state index < -0.39 is 32.8 Å². The fourth-order valence-corrected chi connectivity index (χ4v) is 6.51. The summed E-state index contributed by atoms with van der Waals surface area (Å²) in [5, 5.41) is 11.7. The molecule has 0 radical (unpaired) electrons. The minimum Gasteiger partial charge on any atom is -0.386 e. The van der Waals surface area contributed by atoms with E-state index in [0.717, 1.165) is 13.1 Å². The molecule has 1 fully saturated rings. The number of aryl methyl sites for hydroxylation is 1. The topological polar surface area (TPSA) is 124 Å². The van der Waals surface area contributed by atoms with Crippen molar-refractivity contribution in [3.63, 3.8) is 0 Å². The lowest BCUT2D eigenvalue weighted by Crippen LogP contribution is -2.59. The lowest BCUT2D eigenvalue weighted by molar-refractivity contribution is 0.102. The minimum absolute atomic E-state index is 0.141. The summed E-state index contributed by atoms with van der Waals surface area (Å²) in [5.41, 5.74) is 6.91. The van der Waals surface area contributed by atoms with Gasteiger partial charge >= 0.3 is 0 Å². The number of carbonyl (C=O) groups excluding carboxylic acids is 1. The molecular weight excluding hydrogens is 455 g/mol. The molecular formula is C24H27FN6O2S. The van der Waals surface area contributed by atoms with Gasteiger partial charge in [0.05, 0.1) is 16.9 Å². The number of carbonyl (C=O) groups is 1. The van der Waals surface area contributed by atoms with Crippen molar-refractivity contribution >= 4 is 28.2 Å². The van der Waals surface area contributed by atoms with Gasteiger partial charge in [-0.2, -0.15) is 5.26 Å². The summed E-state index contributed by atoms with van der Waals surface area (Å²) in [5.74, 6) is -0.549. The van der Waals surface area contributed by atoms with E-state index in [1.807, 2.05) is 13.1 Å². The van der Waals surface area contributed by atoms with Crippen molar-refractivity contribution in [1.29, 1.82) is 5.26 Å². The van der Waals surface area contributed by atoms with Crippen LogP contribution in [-0.2, 0) is 16.3 Å². The number of aliphatic imine (C=N–C) groups is 1. The molecule has 0 bridgehead atoms. The summed E-state index contributed by atoms with van der Waals surface area (Å²) in [4.78, 5) is 23.7. The van der Waals surface area contributed by atoms with Gasteiger partial charge < -0.3 is 16.0 Å². The zero-order valence-corrected chi connectivity index (χ0v) is 20.2. The highest BCUT2D eigenvalue weighted by Crippen LogP contribution is 2.41. The van der Waals surface area contributed by atoms with Gasteiger partial charge in [0, 0.05) is 28.2 Å². The van der Waals surface area contributed by atoms with Crippen LogP contribution >= 0.6 is 0 Å². The molecule has 1 aromatic heterocycles. The number of halogens is 1. The molecule has 4 rings (SSSR count). The summed E-state index contributed by atoms with van der Waals surface area (Å²) in [7, 11) is 0.679. The molecule has 10 heteroatoms. The van der Waals surface area contributed by atoms with Crippen LogP contribution in [0.2, 0.25) is 0 Å². The molecule has 1 aromatic carbocycles. The van der Waals surface area contributed by atoms with E-state index >= 15 is 0 Å². The number of aromatic nitrogens is 1. The van der Waals surface area contributed by atoms with Gasteiger partial charge in [0.1, 0.15) is 28.2 Å². The van der Waals surface area contributed by atoms with Crippen LogP contribution in [0.3, 0.4) is 0 Å². The summed E-state index contributed by atoms with van der Waals surface area (Å²) in [6, 6.07) is 7.77. The number of piperidine rings is 1. The van der Waals surface area contributed by atoms with Gasteiger partial charge in [-0.05, 0) is 76.7 Å². The first-order valence-electron chi connectivity index (χ1n) is 11.0. The number of amidine groups is 1. The standard InChI is InChI=1S/C24H27FN6O2S/c1-15-10-16(12-26)13-28-20(15)21(32)29-17-4-5-19(25)18(11-17)23(2)14-34(33)24(22(27)30-23)6-8-31(3)9-7-24/h4-5,10-11,13H,6-9,14H2,1-3H3,(H2,27,30)(H,29,32)/t23-,34?/m0/s1. The highest BCUT2D eigenvalue weighted by Gasteiger charge is 2.50. The second kappa shape index (κ2) is 8.89. The van der Waals surface area contributed by atoms with E-state index in [-0.39, 0.29) is 17.0 Å². The molecule has 178 valence electrons. The third-order valence-corrected chi connectivity index (χ3v) is 9.02. The van der Waals surface area contributed by atoms with Crippen molar-refractivity contribution in [3.8, 4) is 6.07 Å². The Morgan fingerprint density at radius 2 is 2.03 bits per heavy atom. The number of nitrogens with one attached hydrogen (secondary N) is 1. The van der Waals surface area contributed by atoms with Crippen molar-refractivity contribution < 1.29 is 13.4 Å². The number of pyridine rings is 1. The van der Waals surface area contributed by atoms with Crippen LogP contribution in [0, 0.1) is 24.1 Å². The number of hydrogen-bond acceptors (Lipinski definition) is 7. The fourth-order valence-electron chi connectivity index (χ4n) is 4.59. The molecule has 2 atom stereocenters. The number of hydrogen-bond donors (Lipinski definition) is 2. The third-order valence-electron chi connectivity index (χ3n) is 6.70. The van der Waals surface area contributed by atoms with Crippen LogP contribution in [0.1, 0.15) is 46.9 Å². The maximum atomic E-state index is 15.0. The Labute approximate surface area is 200 Å². The number of nitrogens with zero attached hydrogens (tertiary/aromatic N) is 4. The van der Waals surface area contributed by atoms with Crippen LogP contribution < -0.4 is 11.1 Å². The molecule has 1 spiro atoms. The molecule has 2 aliphatic heterocycles. The number of benzene rings is 1. The fraction of sp³-hybridized carbons (Fsp3) is 0.417. The molecule has 0 saturated carbocycles. The van der Waals surface area contributed by atoms with Crippen molar-refractivity contribution in [2.75, 3.05) is 31.2 Å². The summed E-state index contributed by atoms with van der Waals surface area (Å²) < 4.78 is 27.7. The highest BCUT2D eigenvalue weighted by molar-refractivity contribution is 7.87. The van der Waals surface area contributed by atoms with Crippen LogP contribution in [0.25, 0.3) is 0 Å². The van der Waals surface area contributed by atoms with Crippen LogP contribution in [0.15, 0.2) is 35.5 Å². The van der Waals surface area contributed by atoms with Crippen LogP contribution in [-0.4, -0.2) is 56.5 Å². The Hall–Kier alpha value is -3.16. The minimum atomic E-state index is -1.33. The molecule has 1 amide bonds. The molecule has 1 saturated heterocycles. The Morgan fingerprint density at radius 3 is 2.65 bits per heavy atom. The van der Waals surface area contributed by atoms with E-state index in [9.17, 15) is 13.4 Å². The average Bonchev–Trinajstić information content (AvgIpc) is 2.79. The normalized spacial score (nSPS) is 24.3. The second-order valence-electron chi connectivity index (χ2n) is 9.21. The summed E-state index contributed by atoms with van der Waals surface area (Å²) in [6.07, 6.45) is 2.63. The summed E-state index contributed by atoms with van der Waals surface area (Å²) >= 11 is 0. The molecule has 3 heterocycles. The molecule has 8 nitrogen and oxygen atoms in total. The van der Waals surface area contributed by atoms with Crippen molar-refractivity contribution in [2.45, 2.75) is 37.0 Å². The third kappa shape index (κ3) is 4.21. The lowest BCUT2D eigenvalue weighted by Gasteiger charge is -2.45. The number of nitriles is 1. The first-order valence-corrected chi connectivity index (χ1v) is 12.3. The van der Waals surface area contributed by atoms with E-state index in [0.29, 0.717) is 35.5 Å². The van der Waals surface area contributed by atoms with Crippen molar-refractivity contribution in [2.24, 2.45) is 10.7 Å². The zero-order valence-electron chi connectivity index (χ0n) is 19.4. The molecule has 2 aromatic rings. The van der Waals surface area contributed by atoms with Gasteiger partial charge in [0.2, 0.25) is 0 Å². The monoisotopic (exact) mass is 482 g/mol. The van der Waals surface area contributed by atoms with Gasteiger partial charge in [-0.25, -0.2) is 9.37 Å². The second-order valence-corrected chi connectivity index (χ2v) is 11.0. The predicted molar refractivity (Wildman–Crippen MR) is 129 cm³/mol. The lowest BCUT2D eigenvalue weighted by atomic mass is 9.90. The van der Waals surface area contributed by atoms with Gasteiger partial charge in [-0.1, -0.05) is 0 Å². The zero-order chi connectivity index (χ0) is 24.7. The highest BCUT2D eigenvalue weighted by atomic mass is 32.2. The molecule has 2 aliphatic rings. The van der Waals surface area contributed by atoms with Gasteiger partial charge in [0.25, 0.3) is 5.91 Å². The van der Waals surface area contributed by atoms with Crippen LogP contribution in [0.5, 0.6) is 0 Å². The Balaban J connectivity index is 1.63. The molecule has 1 unspecified atom stereocenters. The van der Waals surface area contributed by atoms with E-state index in [1.165, 1.54) is 24.4 Å². The van der Waals surface area contributed by atoms with Gasteiger partial charge in [-0.3, -0.25) is 14.0 Å². The quantitative estimate of drug-likeness (QED) is 0.692. The molecule has 0 aliphatic carbocycles. The maximum Gasteiger partial charge on any atom is 0.274 e. The number of likely N-dealkylation sites (tertiary alicyclic amines) is 1. The smallest absolute Gasteiger partial charge is 0.274 e. The van der Waals surface area contributed by atoms with Gasteiger partial charge in [-0.15, -0.1) is 0 Å². The van der Waals surface area contributed by atoms with E-state index in [4.69, 9.17) is 16.0 Å². The van der Waals surface area contributed by atoms with Crippen LogP contribution in [0.4, 0.5) is 10.1 Å². The first-order chi connectivity index (χ1) is 16.1. The average molecular weight is 483 g/mol.